The first-order valence-electron chi connectivity index (χ1n) is 4.84. The number of amides is 2. The number of aromatic nitrogens is 1. The fourth-order valence-corrected chi connectivity index (χ4v) is 1.40. The third-order valence-electron chi connectivity index (χ3n) is 2.02. The molecule has 2 N–H and O–H groups in total. The summed E-state index contributed by atoms with van der Waals surface area (Å²) in [4.78, 5) is 27.2. The van der Waals surface area contributed by atoms with Crippen molar-refractivity contribution in [3.8, 4) is 0 Å². The number of nitrogens with zero attached hydrogens (tertiary/aromatic N) is 2. The molecule has 0 saturated heterocycles. The molecule has 17 heavy (non-hydrogen) atoms. The number of hydrogen-bond donors (Lipinski definition) is 2. The summed E-state index contributed by atoms with van der Waals surface area (Å²) in [6.45, 7) is 0.157. The van der Waals surface area contributed by atoms with Crippen LogP contribution in [0.3, 0.4) is 0 Å². The number of carbonyl (C=O) groups excluding carboxylic acids is 1. The molecular formula is C10H12BrN3O3. The molecule has 0 radical (unpaired) electrons. The van der Waals surface area contributed by atoms with Crippen molar-refractivity contribution in [2.75, 3.05) is 18.9 Å². The predicted octanol–water partition coefficient (Wildman–Crippen LogP) is 1.78. The molecule has 92 valence electrons. The standard InChI is InChI=1S/C10H12BrN3O3/c1-14(5-3-9(15)16)10(17)13-8-2-4-12-6-7(8)11/h2,4,6H,3,5H2,1H3,(H,15,16)(H,12,13,17). The van der Waals surface area contributed by atoms with E-state index in [-0.39, 0.29) is 19.0 Å². The maximum Gasteiger partial charge on any atom is 0.321 e. The van der Waals surface area contributed by atoms with Gasteiger partial charge in [0.2, 0.25) is 0 Å². The minimum atomic E-state index is -0.935. The van der Waals surface area contributed by atoms with Crippen LogP contribution >= 0.6 is 15.9 Å². The average molecular weight is 302 g/mol. The van der Waals surface area contributed by atoms with E-state index < -0.39 is 5.97 Å². The van der Waals surface area contributed by atoms with E-state index in [1.54, 1.807) is 18.5 Å². The van der Waals surface area contributed by atoms with Crippen LogP contribution in [0.15, 0.2) is 22.9 Å². The number of hydrogen-bond acceptors (Lipinski definition) is 3. The van der Waals surface area contributed by atoms with E-state index in [0.29, 0.717) is 10.2 Å². The molecule has 2 amide bonds. The number of halogens is 1. The van der Waals surface area contributed by atoms with E-state index in [4.69, 9.17) is 5.11 Å². The second-order valence-electron chi connectivity index (χ2n) is 3.35. The first-order chi connectivity index (χ1) is 8.00. The van der Waals surface area contributed by atoms with Crippen molar-refractivity contribution in [1.82, 2.24) is 9.88 Å². The number of rotatable bonds is 4. The molecular weight excluding hydrogens is 290 g/mol. The summed E-state index contributed by atoms with van der Waals surface area (Å²) < 4.78 is 0.667. The molecule has 0 aliphatic rings. The smallest absolute Gasteiger partial charge is 0.321 e. The molecule has 0 aliphatic heterocycles. The molecule has 1 heterocycles. The Labute approximate surface area is 107 Å². The van der Waals surface area contributed by atoms with Crippen molar-refractivity contribution < 1.29 is 14.7 Å². The van der Waals surface area contributed by atoms with Crippen LogP contribution in [0.2, 0.25) is 0 Å². The number of urea groups is 1. The first kappa shape index (κ1) is 13.4. The summed E-state index contributed by atoms with van der Waals surface area (Å²) in [5.41, 5.74) is 0.590. The first-order valence-corrected chi connectivity index (χ1v) is 5.63. The van der Waals surface area contributed by atoms with Gasteiger partial charge in [0.15, 0.2) is 0 Å². The van der Waals surface area contributed by atoms with Gasteiger partial charge in [-0.3, -0.25) is 9.78 Å². The van der Waals surface area contributed by atoms with Crippen molar-refractivity contribution in [3.63, 3.8) is 0 Å². The van der Waals surface area contributed by atoms with Gasteiger partial charge in [-0.25, -0.2) is 4.79 Å². The third-order valence-corrected chi connectivity index (χ3v) is 2.65. The number of carboxylic acids is 1. The highest BCUT2D eigenvalue weighted by molar-refractivity contribution is 9.10. The molecule has 0 atom stereocenters. The van der Waals surface area contributed by atoms with Gasteiger partial charge in [0.25, 0.3) is 0 Å². The van der Waals surface area contributed by atoms with Crippen molar-refractivity contribution >= 4 is 33.6 Å². The van der Waals surface area contributed by atoms with Crippen LogP contribution in [0.5, 0.6) is 0 Å². The van der Waals surface area contributed by atoms with Gasteiger partial charge in [0.1, 0.15) is 0 Å². The Morgan fingerprint density at radius 3 is 2.88 bits per heavy atom. The Morgan fingerprint density at radius 2 is 2.29 bits per heavy atom. The molecule has 1 aromatic heterocycles. The zero-order chi connectivity index (χ0) is 12.8. The third kappa shape index (κ3) is 4.39. The zero-order valence-corrected chi connectivity index (χ0v) is 10.8. The lowest BCUT2D eigenvalue weighted by Gasteiger charge is -2.17. The normalized spacial score (nSPS) is 9.76. The number of pyridine rings is 1. The van der Waals surface area contributed by atoms with Crippen LogP contribution in [-0.2, 0) is 4.79 Å². The Bertz CT molecular complexity index is 425. The fourth-order valence-electron chi connectivity index (χ4n) is 1.05. The van der Waals surface area contributed by atoms with E-state index in [1.165, 1.54) is 11.9 Å². The minimum Gasteiger partial charge on any atom is -0.481 e. The Morgan fingerprint density at radius 1 is 1.59 bits per heavy atom. The summed E-state index contributed by atoms with van der Waals surface area (Å²) in [7, 11) is 1.54. The number of aliphatic carboxylic acids is 1. The molecule has 6 nitrogen and oxygen atoms in total. The number of nitrogens with one attached hydrogen (secondary N) is 1. The quantitative estimate of drug-likeness (QED) is 0.888. The van der Waals surface area contributed by atoms with Gasteiger partial charge in [0, 0.05) is 26.0 Å². The predicted molar refractivity (Wildman–Crippen MR) is 65.8 cm³/mol. The van der Waals surface area contributed by atoms with Crippen LogP contribution in [0.1, 0.15) is 6.42 Å². The molecule has 0 aliphatic carbocycles. The monoisotopic (exact) mass is 301 g/mol. The molecule has 0 unspecified atom stereocenters. The van der Waals surface area contributed by atoms with Crippen molar-refractivity contribution in [2.45, 2.75) is 6.42 Å². The van der Waals surface area contributed by atoms with Gasteiger partial charge in [-0.15, -0.1) is 0 Å². The van der Waals surface area contributed by atoms with Crippen LogP contribution < -0.4 is 5.32 Å². The van der Waals surface area contributed by atoms with E-state index in [2.05, 4.69) is 26.2 Å². The molecule has 0 aromatic carbocycles. The van der Waals surface area contributed by atoms with Gasteiger partial charge in [-0.2, -0.15) is 0 Å². The summed E-state index contributed by atoms with van der Waals surface area (Å²) in [6, 6.07) is 1.28. The second-order valence-corrected chi connectivity index (χ2v) is 4.21. The van der Waals surface area contributed by atoms with Gasteiger partial charge < -0.3 is 15.3 Å². The summed E-state index contributed by atoms with van der Waals surface area (Å²) in [5.74, 6) is -0.935. The molecule has 1 rings (SSSR count). The zero-order valence-electron chi connectivity index (χ0n) is 9.18. The lowest BCUT2D eigenvalue weighted by atomic mass is 10.4. The molecule has 0 spiro atoms. The van der Waals surface area contributed by atoms with Crippen LogP contribution in [0.25, 0.3) is 0 Å². The maximum atomic E-state index is 11.7. The number of anilines is 1. The fraction of sp³-hybridized carbons (Fsp3) is 0.300. The van der Waals surface area contributed by atoms with Gasteiger partial charge in [0.05, 0.1) is 16.6 Å². The van der Waals surface area contributed by atoms with Crippen LogP contribution in [-0.4, -0.2) is 40.6 Å². The lowest BCUT2D eigenvalue weighted by molar-refractivity contribution is -0.137. The Hall–Kier alpha value is -1.63. The highest BCUT2D eigenvalue weighted by Crippen LogP contribution is 2.20. The second kappa shape index (κ2) is 6.19. The molecule has 1 aromatic rings. The SMILES string of the molecule is CN(CCC(=O)O)C(=O)Nc1ccncc1Br. The van der Waals surface area contributed by atoms with E-state index in [0.717, 1.165) is 0 Å². The van der Waals surface area contributed by atoms with Crippen molar-refractivity contribution in [3.05, 3.63) is 22.9 Å². The molecule has 0 saturated carbocycles. The van der Waals surface area contributed by atoms with Gasteiger partial charge in [-0.1, -0.05) is 0 Å². The Balaban J connectivity index is 2.54. The average Bonchev–Trinajstić information content (AvgIpc) is 2.28. The largest absolute Gasteiger partial charge is 0.481 e. The number of carbonyl (C=O) groups is 2. The van der Waals surface area contributed by atoms with E-state index in [1.807, 2.05) is 0 Å². The van der Waals surface area contributed by atoms with Crippen molar-refractivity contribution in [1.29, 1.82) is 0 Å². The summed E-state index contributed by atoms with van der Waals surface area (Å²) in [6.07, 6.45) is 3.03. The van der Waals surface area contributed by atoms with E-state index >= 15 is 0 Å². The highest BCUT2D eigenvalue weighted by atomic mass is 79.9. The molecule has 0 fully saturated rings. The molecule has 7 heteroatoms. The minimum absolute atomic E-state index is 0.0819. The summed E-state index contributed by atoms with van der Waals surface area (Å²) in [5, 5.41) is 11.1. The van der Waals surface area contributed by atoms with Gasteiger partial charge in [-0.05, 0) is 22.0 Å². The maximum absolute atomic E-state index is 11.7. The highest BCUT2D eigenvalue weighted by Gasteiger charge is 2.11. The van der Waals surface area contributed by atoms with Crippen LogP contribution in [0, 0.1) is 0 Å². The Kier molecular flexibility index (Phi) is 4.89. The topological polar surface area (TPSA) is 82.5 Å². The van der Waals surface area contributed by atoms with Crippen LogP contribution in [0.4, 0.5) is 10.5 Å². The lowest BCUT2D eigenvalue weighted by Crippen LogP contribution is -2.33. The van der Waals surface area contributed by atoms with E-state index in [9.17, 15) is 9.59 Å². The van der Waals surface area contributed by atoms with Crippen molar-refractivity contribution in [2.24, 2.45) is 0 Å². The summed E-state index contributed by atoms with van der Waals surface area (Å²) >= 11 is 3.25. The number of carboxylic acid groups (broad SMARTS) is 1. The van der Waals surface area contributed by atoms with Gasteiger partial charge >= 0.3 is 12.0 Å². The molecule has 0 bridgehead atoms.